The summed E-state index contributed by atoms with van der Waals surface area (Å²) in [5.74, 6) is 2.50. The number of carbonyl (C=O) groups is 1. The first-order chi connectivity index (χ1) is 9.13. The zero-order chi connectivity index (χ0) is 13.8. The van der Waals surface area contributed by atoms with E-state index in [0.29, 0.717) is 18.4 Å². The summed E-state index contributed by atoms with van der Waals surface area (Å²) in [5, 5.41) is 6.23. The van der Waals surface area contributed by atoms with Gasteiger partial charge >= 0.3 is 0 Å². The molecule has 0 bridgehead atoms. The maximum absolute atomic E-state index is 11.4. The second-order valence-corrected chi connectivity index (χ2v) is 5.82. The van der Waals surface area contributed by atoms with E-state index in [1.807, 2.05) is 7.05 Å². The molecule has 6 heteroatoms. The highest BCUT2D eigenvalue weighted by molar-refractivity contribution is 14.0. The Kier molecular flexibility index (Phi) is 7.05. The van der Waals surface area contributed by atoms with Gasteiger partial charge in [0.1, 0.15) is 0 Å². The molecule has 5 nitrogen and oxygen atoms in total. The average molecular weight is 394 g/mol. The number of nitrogens with zero attached hydrogens (tertiary/aromatic N) is 2. The number of rotatable bonds is 3. The molecular formula is C14H27IN4O. The maximum atomic E-state index is 11.4. The summed E-state index contributed by atoms with van der Waals surface area (Å²) in [6.07, 6.45) is 4.07. The third kappa shape index (κ3) is 4.79. The van der Waals surface area contributed by atoms with Crippen LogP contribution in [0.15, 0.2) is 4.99 Å². The lowest BCUT2D eigenvalue weighted by Gasteiger charge is -2.34. The molecule has 1 amide bonds. The summed E-state index contributed by atoms with van der Waals surface area (Å²) in [6, 6.07) is 0.613. The van der Waals surface area contributed by atoms with E-state index in [0.717, 1.165) is 37.8 Å². The molecule has 1 saturated carbocycles. The van der Waals surface area contributed by atoms with Crippen LogP contribution in [0.1, 0.15) is 32.6 Å². The highest BCUT2D eigenvalue weighted by atomic mass is 127. The summed E-state index contributed by atoms with van der Waals surface area (Å²) in [4.78, 5) is 18.1. The van der Waals surface area contributed by atoms with Crippen LogP contribution in [0.25, 0.3) is 0 Å². The Hall–Kier alpha value is -0.530. The van der Waals surface area contributed by atoms with E-state index in [1.165, 1.54) is 6.42 Å². The van der Waals surface area contributed by atoms with Gasteiger partial charge in [0, 0.05) is 39.6 Å². The lowest BCUT2D eigenvalue weighted by molar-refractivity contribution is -0.121. The summed E-state index contributed by atoms with van der Waals surface area (Å²) >= 11 is 0. The minimum atomic E-state index is 0. The molecule has 2 atom stereocenters. The van der Waals surface area contributed by atoms with E-state index in [4.69, 9.17) is 0 Å². The molecule has 0 aromatic heterocycles. The molecule has 0 aromatic carbocycles. The van der Waals surface area contributed by atoms with Crippen LogP contribution in [0, 0.1) is 11.8 Å². The Balaban J connectivity index is 0.00000200. The Labute approximate surface area is 139 Å². The van der Waals surface area contributed by atoms with Crippen molar-refractivity contribution in [3.63, 3.8) is 0 Å². The van der Waals surface area contributed by atoms with E-state index in [2.05, 4.69) is 27.4 Å². The number of likely N-dealkylation sites (tertiary alicyclic amines) is 1. The van der Waals surface area contributed by atoms with Gasteiger partial charge in [-0.15, -0.1) is 24.0 Å². The number of aliphatic imine (C=N–C) groups is 1. The number of hydrogen-bond acceptors (Lipinski definition) is 2. The van der Waals surface area contributed by atoms with Gasteiger partial charge in [0.25, 0.3) is 0 Å². The van der Waals surface area contributed by atoms with Crippen molar-refractivity contribution in [2.24, 2.45) is 16.8 Å². The molecule has 0 spiro atoms. The molecule has 116 valence electrons. The van der Waals surface area contributed by atoms with E-state index in [1.54, 1.807) is 7.05 Å². The average Bonchev–Trinajstić information content (AvgIpc) is 3.12. The number of carbonyl (C=O) groups excluding carboxylic acids is 1. The smallest absolute Gasteiger partial charge is 0.220 e. The minimum Gasteiger partial charge on any atom is -0.359 e. The quantitative estimate of drug-likeness (QED) is 0.433. The van der Waals surface area contributed by atoms with Crippen molar-refractivity contribution in [2.75, 3.05) is 27.2 Å². The van der Waals surface area contributed by atoms with Crippen molar-refractivity contribution in [3.05, 3.63) is 0 Å². The van der Waals surface area contributed by atoms with Crippen LogP contribution in [-0.2, 0) is 4.79 Å². The van der Waals surface area contributed by atoms with Gasteiger partial charge in [0.15, 0.2) is 5.96 Å². The molecule has 2 rings (SSSR count). The van der Waals surface area contributed by atoms with Crippen LogP contribution in [0.3, 0.4) is 0 Å². The van der Waals surface area contributed by atoms with Crippen LogP contribution in [0.4, 0.5) is 0 Å². The first-order valence-electron chi connectivity index (χ1n) is 7.33. The number of hydrogen-bond donors (Lipinski definition) is 2. The molecule has 1 heterocycles. The molecule has 1 aliphatic heterocycles. The van der Waals surface area contributed by atoms with Crippen molar-refractivity contribution < 1.29 is 4.79 Å². The number of nitrogens with one attached hydrogen (secondary N) is 2. The van der Waals surface area contributed by atoms with Crippen LogP contribution < -0.4 is 10.6 Å². The fourth-order valence-corrected chi connectivity index (χ4v) is 2.70. The van der Waals surface area contributed by atoms with E-state index >= 15 is 0 Å². The van der Waals surface area contributed by atoms with Gasteiger partial charge < -0.3 is 15.5 Å². The number of guanidine groups is 1. The van der Waals surface area contributed by atoms with Gasteiger partial charge in [-0.3, -0.25) is 9.79 Å². The highest BCUT2D eigenvalue weighted by Gasteiger charge is 2.34. The number of amides is 1. The molecule has 2 N–H and O–H groups in total. The van der Waals surface area contributed by atoms with Crippen LogP contribution in [0.2, 0.25) is 0 Å². The van der Waals surface area contributed by atoms with Crippen molar-refractivity contribution in [1.82, 2.24) is 15.5 Å². The fraction of sp³-hybridized carbons (Fsp3) is 0.857. The van der Waals surface area contributed by atoms with Gasteiger partial charge in [-0.1, -0.05) is 6.92 Å². The van der Waals surface area contributed by atoms with E-state index in [9.17, 15) is 4.79 Å². The molecule has 0 radical (unpaired) electrons. The zero-order valence-corrected chi connectivity index (χ0v) is 15.0. The lowest BCUT2D eigenvalue weighted by atomic mass is 9.93. The summed E-state index contributed by atoms with van der Waals surface area (Å²) in [7, 11) is 3.56. The second kappa shape index (κ2) is 8.05. The standard InChI is InChI=1S/C14H26N4O.HI/c1-10-8-12(10)17-14(16-3)18-6-4-11(5-7-18)9-13(19)15-2;/h10-12H,4-9H2,1-3H3,(H,15,19)(H,16,17);1H. The highest BCUT2D eigenvalue weighted by Crippen LogP contribution is 2.29. The molecule has 2 unspecified atom stereocenters. The van der Waals surface area contributed by atoms with Crippen molar-refractivity contribution >= 4 is 35.8 Å². The van der Waals surface area contributed by atoms with E-state index < -0.39 is 0 Å². The van der Waals surface area contributed by atoms with Gasteiger partial charge in [0.05, 0.1) is 0 Å². The van der Waals surface area contributed by atoms with E-state index in [-0.39, 0.29) is 29.9 Å². The van der Waals surface area contributed by atoms with Gasteiger partial charge in [-0.2, -0.15) is 0 Å². The van der Waals surface area contributed by atoms with Crippen LogP contribution in [-0.4, -0.2) is 50.0 Å². The van der Waals surface area contributed by atoms with Crippen LogP contribution in [0.5, 0.6) is 0 Å². The summed E-state index contributed by atoms with van der Waals surface area (Å²) < 4.78 is 0. The molecule has 0 aromatic rings. The molecule has 2 fully saturated rings. The number of halogens is 1. The molecule has 2 aliphatic rings. The minimum absolute atomic E-state index is 0. The molecule has 1 aliphatic carbocycles. The van der Waals surface area contributed by atoms with Crippen LogP contribution >= 0.6 is 24.0 Å². The van der Waals surface area contributed by atoms with Crippen molar-refractivity contribution in [1.29, 1.82) is 0 Å². The molecular weight excluding hydrogens is 367 g/mol. The van der Waals surface area contributed by atoms with Gasteiger partial charge in [0.2, 0.25) is 5.91 Å². The molecule has 20 heavy (non-hydrogen) atoms. The number of piperidine rings is 1. The van der Waals surface area contributed by atoms with Crippen molar-refractivity contribution in [2.45, 2.75) is 38.6 Å². The normalized spacial score (nSPS) is 26.8. The molecule has 1 saturated heterocycles. The Morgan fingerprint density at radius 2 is 1.95 bits per heavy atom. The SMILES string of the molecule is CN=C(NC1CC1C)N1CCC(CC(=O)NC)CC1.I. The third-order valence-electron chi connectivity index (χ3n) is 4.30. The Morgan fingerprint density at radius 1 is 1.35 bits per heavy atom. The topological polar surface area (TPSA) is 56.7 Å². The predicted molar refractivity (Wildman–Crippen MR) is 92.5 cm³/mol. The van der Waals surface area contributed by atoms with Gasteiger partial charge in [-0.25, -0.2) is 0 Å². The second-order valence-electron chi connectivity index (χ2n) is 5.82. The summed E-state index contributed by atoms with van der Waals surface area (Å²) in [5.41, 5.74) is 0. The summed E-state index contributed by atoms with van der Waals surface area (Å²) in [6.45, 7) is 4.27. The van der Waals surface area contributed by atoms with Gasteiger partial charge in [-0.05, 0) is 31.1 Å². The zero-order valence-electron chi connectivity index (χ0n) is 12.7. The largest absolute Gasteiger partial charge is 0.359 e. The monoisotopic (exact) mass is 394 g/mol. The Morgan fingerprint density at radius 3 is 2.40 bits per heavy atom. The first-order valence-corrected chi connectivity index (χ1v) is 7.33. The third-order valence-corrected chi connectivity index (χ3v) is 4.30. The lowest BCUT2D eigenvalue weighted by Crippen LogP contribution is -2.46. The predicted octanol–water partition coefficient (Wildman–Crippen LogP) is 1.44. The fourth-order valence-electron chi connectivity index (χ4n) is 2.70. The maximum Gasteiger partial charge on any atom is 0.220 e. The van der Waals surface area contributed by atoms with Crippen molar-refractivity contribution in [3.8, 4) is 0 Å². The Bertz CT molecular complexity index is 353. The first kappa shape index (κ1) is 17.5.